The minimum absolute atomic E-state index is 0.140. The first kappa shape index (κ1) is 62.4. The highest BCUT2D eigenvalue weighted by atomic mass is 32.1. The molecule has 0 saturated carbocycles. The van der Waals surface area contributed by atoms with Gasteiger partial charge in [0.1, 0.15) is 0 Å². The fraction of sp³-hybridized carbons (Fsp3) is 0.456. The molecule has 0 fully saturated rings. The highest BCUT2D eigenvalue weighted by Gasteiger charge is 2.44. The van der Waals surface area contributed by atoms with Gasteiger partial charge >= 0.3 is 0 Å². The van der Waals surface area contributed by atoms with Crippen molar-refractivity contribution in [1.29, 1.82) is 15.8 Å². The zero-order chi connectivity index (χ0) is 60.0. The fourth-order valence-electron chi connectivity index (χ4n) is 14.8. The number of fused-ring (bicyclic) bond motifs is 7. The summed E-state index contributed by atoms with van der Waals surface area (Å²) in [6.07, 6.45) is 34.3. The zero-order valence-corrected chi connectivity index (χ0v) is 54.3. The van der Waals surface area contributed by atoms with Gasteiger partial charge in [-0.1, -0.05) is 242 Å². The predicted molar refractivity (Wildman–Crippen MR) is 365 cm³/mol. The van der Waals surface area contributed by atoms with Gasteiger partial charge in [-0.15, -0.1) is 22.7 Å². The van der Waals surface area contributed by atoms with Crippen molar-refractivity contribution in [3.05, 3.63) is 153 Å². The van der Waals surface area contributed by atoms with Gasteiger partial charge < -0.3 is 0 Å². The average Bonchev–Trinajstić information content (AvgIpc) is 1.60. The van der Waals surface area contributed by atoms with Crippen LogP contribution in [0, 0.1) is 47.8 Å². The van der Waals surface area contributed by atoms with E-state index in [-0.39, 0.29) is 27.5 Å². The number of aryl methyl sites for hydroxylation is 2. The van der Waals surface area contributed by atoms with Crippen molar-refractivity contribution in [2.75, 3.05) is 0 Å². The van der Waals surface area contributed by atoms with Gasteiger partial charge in [-0.05, 0) is 138 Å². The molecular weight excluding hydrogens is 1080 g/mol. The maximum Gasteiger partial charge on any atom is 0.163 e. The molecule has 7 heteroatoms. The summed E-state index contributed by atoms with van der Waals surface area (Å²) < 4.78 is 2.74. The van der Waals surface area contributed by atoms with Crippen LogP contribution in [-0.4, -0.2) is 9.97 Å². The molecule has 0 aliphatic heterocycles. The maximum atomic E-state index is 10.8. The van der Waals surface area contributed by atoms with Crippen LogP contribution in [0.1, 0.15) is 257 Å². The van der Waals surface area contributed by atoms with Crippen LogP contribution in [0.25, 0.3) is 76.0 Å². The lowest BCUT2D eigenvalue weighted by atomic mass is 9.70. The van der Waals surface area contributed by atoms with Crippen molar-refractivity contribution in [2.45, 2.75) is 232 Å². The molecule has 0 bridgehead atoms. The molecule has 8 aromatic rings. The molecule has 5 nitrogen and oxygen atoms in total. The smallest absolute Gasteiger partial charge is 0.163 e. The first-order valence-electron chi connectivity index (χ1n) is 33.5. The van der Waals surface area contributed by atoms with Gasteiger partial charge in [0.15, 0.2) is 5.82 Å². The van der Waals surface area contributed by atoms with Crippen molar-refractivity contribution in [2.24, 2.45) is 0 Å². The van der Waals surface area contributed by atoms with Gasteiger partial charge in [0.2, 0.25) is 0 Å². The summed E-state index contributed by atoms with van der Waals surface area (Å²) in [5.41, 5.74) is 17.9. The molecule has 5 aromatic carbocycles. The largest absolute Gasteiger partial charge is 0.228 e. The van der Waals surface area contributed by atoms with E-state index in [0.29, 0.717) is 11.4 Å². The number of thiophene rings is 2. The van der Waals surface area contributed by atoms with Gasteiger partial charge in [0.25, 0.3) is 0 Å². The number of rotatable bonds is 32. The molecule has 0 spiro atoms. The Labute approximate surface area is 524 Å². The second-order valence-corrected chi connectivity index (χ2v) is 27.9. The van der Waals surface area contributed by atoms with E-state index in [1.54, 1.807) is 12.1 Å². The van der Waals surface area contributed by atoms with Crippen molar-refractivity contribution in [1.82, 2.24) is 9.97 Å². The van der Waals surface area contributed by atoms with E-state index in [2.05, 4.69) is 151 Å². The van der Waals surface area contributed by atoms with Crippen LogP contribution >= 0.6 is 22.7 Å². The van der Waals surface area contributed by atoms with Crippen LogP contribution in [0.5, 0.6) is 0 Å². The summed E-state index contributed by atoms with van der Waals surface area (Å²) in [6.45, 7) is 13.7. The second-order valence-electron chi connectivity index (χ2n) is 25.5. The zero-order valence-electron chi connectivity index (χ0n) is 52.7. The Balaban J connectivity index is 1.14. The SMILES string of the molecule is CCCCCCCCC1(CCCCCCCC)c2cc(C)ccc2-c2ccc(-c3cc(-c4ccc5c(c4)C(CCCCCCCC)(CCCCCCCC)c4cc(-c6cc7sc(C)cc7s6)ccc4-5)nc(-c4c(C#N)cc(C#N)cc4C#N)n3)cc21. The number of nitrogens with zero attached hydrogens (tertiary/aromatic N) is 5. The molecule has 0 unspecified atom stereocenters. The molecule has 2 aliphatic rings. The Hall–Kier alpha value is -6.69. The Kier molecular flexibility index (Phi) is 21.3. The van der Waals surface area contributed by atoms with Crippen molar-refractivity contribution in [3.8, 4) is 84.8 Å². The highest BCUT2D eigenvalue weighted by Crippen LogP contribution is 2.58. The van der Waals surface area contributed by atoms with E-state index in [0.717, 1.165) is 61.0 Å². The minimum atomic E-state index is -0.201. The van der Waals surface area contributed by atoms with Gasteiger partial charge in [0.05, 0.1) is 51.8 Å². The van der Waals surface area contributed by atoms with Gasteiger partial charge in [-0.25, -0.2) is 9.97 Å². The third-order valence-electron chi connectivity index (χ3n) is 19.4. The van der Waals surface area contributed by atoms with E-state index in [4.69, 9.17) is 9.97 Å². The summed E-state index contributed by atoms with van der Waals surface area (Å²) in [7, 11) is 0. The molecule has 2 aliphatic carbocycles. The number of aromatic nitrogens is 2. The molecular formula is C79H91N5S2. The second kappa shape index (κ2) is 29.3. The van der Waals surface area contributed by atoms with Gasteiger partial charge in [-0.3, -0.25) is 0 Å². The Morgan fingerprint density at radius 2 is 0.767 bits per heavy atom. The summed E-state index contributed by atoms with van der Waals surface area (Å²) in [4.78, 5) is 13.6. The van der Waals surface area contributed by atoms with Crippen molar-refractivity contribution in [3.63, 3.8) is 0 Å². The number of hydrogen-bond donors (Lipinski definition) is 0. The van der Waals surface area contributed by atoms with E-state index in [1.807, 2.05) is 22.7 Å². The van der Waals surface area contributed by atoms with E-state index < -0.39 is 0 Å². The van der Waals surface area contributed by atoms with Crippen LogP contribution in [0.2, 0.25) is 0 Å². The number of nitriles is 3. The number of hydrogen-bond acceptors (Lipinski definition) is 7. The standard InChI is InChI=1S/C79H91N5S2/c1-7-11-15-19-23-27-39-78(40-28-24-20-16-12-8-2)67-43-55(5)31-35-63(67)64-36-32-58(47-68(64)78)71-50-72(84-77(83-71)76-61(53-81)45-57(52-80)46-62(76)54-82)59-33-37-65-66-38-34-60(73-51-75-74(86-73)44-56(6)85-75)49-70(66)79(69(65)48-59,41-29-25-21-17-13-9-3)42-30-26-22-18-14-10-4/h31-38,43-51H,7-30,39-42H2,1-6H3. The first-order valence-corrected chi connectivity index (χ1v) is 35.1. The van der Waals surface area contributed by atoms with Gasteiger partial charge in [0, 0.05) is 41.1 Å². The van der Waals surface area contributed by atoms with Crippen molar-refractivity contribution >= 4 is 32.1 Å². The Morgan fingerprint density at radius 1 is 0.384 bits per heavy atom. The van der Waals surface area contributed by atoms with Gasteiger partial charge in [-0.2, -0.15) is 15.8 Å². The summed E-state index contributed by atoms with van der Waals surface area (Å²) in [5.74, 6) is 0.324. The highest BCUT2D eigenvalue weighted by molar-refractivity contribution is 7.29. The van der Waals surface area contributed by atoms with Crippen molar-refractivity contribution < 1.29 is 0 Å². The third-order valence-corrected chi connectivity index (χ3v) is 21.6. The van der Waals surface area contributed by atoms with Crippen LogP contribution in [0.15, 0.2) is 103 Å². The lowest BCUT2D eigenvalue weighted by Gasteiger charge is -2.33. The monoisotopic (exact) mass is 1170 g/mol. The third kappa shape index (κ3) is 13.4. The summed E-state index contributed by atoms with van der Waals surface area (Å²) >= 11 is 3.81. The minimum Gasteiger partial charge on any atom is -0.228 e. The molecule has 0 atom stereocenters. The lowest BCUT2D eigenvalue weighted by molar-refractivity contribution is 0.398. The lowest BCUT2D eigenvalue weighted by Crippen LogP contribution is -2.26. The first-order chi connectivity index (χ1) is 42.1. The molecule has 10 rings (SSSR count). The molecule has 0 amide bonds. The Morgan fingerprint density at radius 3 is 1.19 bits per heavy atom. The number of benzene rings is 5. The summed E-state index contributed by atoms with van der Waals surface area (Å²) in [6, 6.07) is 45.8. The quantitative estimate of drug-likeness (QED) is 0.0391. The predicted octanol–water partition coefficient (Wildman–Crippen LogP) is 24.2. The van der Waals surface area contributed by atoms with E-state index in [1.165, 1.54) is 216 Å². The summed E-state index contributed by atoms with van der Waals surface area (Å²) in [5, 5.41) is 31.8. The maximum absolute atomic E-state index is 10.8. The Bertz CT molecular complexity index is 3680. The van der Waals surface area contributed by atoms with E-state index in [9.17, 15) is 15.8 Å². The molecule has 86 heavy (non-hydrogen) atoms. The van der Waals surface area contributed by atoms with Crippen LogP contribution in [-0.2, 0) is 10.8 Å². The molecule has 0 radical (unpaired) electrons. The fourth-order valence-corrected chi connectivity index (χ4v) is 17.1. The molecule has 3 aromatic heterocycles. The van der Waals surface area contributed by atoms with Crippen LogP contribution in [0.3, 0.4) is 0 Å². The van der Waals surface area contributed by atoms with Crippen LogP contribution in [0.4, 0.5) is 0 Å². The normalized spacial score (nSPS) is 13.3. The molecule has 444 valence electrons. The number of unbranched alkanes of at least 4 members (excludes halogenated alkanes) is 20. The molecule has 0 N–H and O–H groups in total. The topological polar surface area (TPSA) is 97.1 Å². The molecule has 0 saturated heterocycles. The van der Waals surface area contributed by atoms with E-state index >= 15 is 0 Å². The van der Waals surface area contributed by atoms with Crippen LogP contribution < -0.4 is 0 Å². The average molecular weight is 1170 g/mol. The molecule has 3 heterocycles.